The fourth-order valence-electron chi connectivity index (χ4n) is 5.00. The zero-order valence-electron chi connectivity index (χ0n) is 17.9. The fraction of sp³-hybridized carbons (Fsp3) is 0.379. The second-order valence-electron chi connectivity index (χ2n) is 8.85. The fourth-order valence-corrected chi connectivity index (χ4v) is 5.00. The third kappa shape index (κ3) is 4.81. The second-order valence-corrected chi connectivity index (χ2v) is 8.85. The quantitative estimate of drug-likeness (QED) is 0.358. The first kappa shape index (κ1) is 20.0. The van der Waals surface area contributed by atoms with E-state index in [0.717, 1.165) is 18.3 Å². The smallest absolute Gasteiger partial charge is 0.0162 e. The summed E-state index contributed by atoms with van der Waals surface area (Å²) in [6.07, 6.45) is 12.4. The molecule has 0 nitrogen and oxygen atoms in total. The molecule has 0 aliphatic heterocycles. The van der Waals surface area contributed by atoms with E-state index >= 15 is 0 Å². The van der Waals surface area contributed by atoms with Crippen LogP contribution in [0.5, 0.6) is 0 Å². The van der Waals surface area contributed by atoms with Crippen LogP contribution in [0.3, 0.4) is 0 Å². The molecule has 3 aromatic rings. The molecular formula is C29H34. The van der Waals surface area contributed by atoms with Crippen LogP contribution < -0.4 is 0 Å². The molecule has 1 saturated carbocycles. The van der Waals surface area contributed by atoms with Crippen molar-refractivity contribution in [2.45, 2.75) is 64.2 Å². The predicted molar refractivity (Wildman–Crippen MR) is 128 cm³/mol. The van der Waals surface area contributed by atoms with Gasteiger partial charge in [0.25, 0.3) is 0 Å². The normalized spacial score (nSPS) is 19.3. The lowest BCUT2D eigenvalue weighted by molar-refractivity contribution is 0.312. The van der Waals surface area contributed by atoms with Crippen molar-refractivity contribution >= 4 is 10.8 Å². The van der Waals surface area contributed by atoms with Crippen LogP contribution in [0.1, 0.15) is 68.9 Å². The summed E-state index contributed by atoms with van der Waals surface area (Å²) >= 11 is 0. The van der Waals surface area contributed by atoms with Gasteiger partial charge in [0.15, 0.2) is 0 Å². The molecular weight excluding hydrogens is 348 g/mol. The Balaban J connectivity index is 1.45. The molecule has 0 saturated heterocycles. The SMILES string of the molecule is C=CCCC1CCC(c2ccc(-c3ccc4cc(CCC)ccc4c3)cc2)CC1. The minimum Gasteiger partial charge on any atom is -0.103 e. The highest BCUT2D eigenvalue weighted by Crippen LogP contribution is 2.38. The molecule has 0 radical (unpaired) electrons. The van der Waals surface area contributed by atoms with Crippen LogP contribution in [0.25, 0.3) is 21.9 Å². The topological polar surface area (TPSA) is 0 Å². The van der Waals surface area contributed by atoms with Crippen LogP contribution in [-0.4, -0.2) is 0 Å². The van der Waals surface area contributed by atoms with Gasteiger partial charge in [-0.2, -0.15) is 0 Å². The summed E-state index contributed by atoms with van der Waals surface area (Å²) < 4.78 is 0. The van der Waals surface area contributed by atoms with Gasteiger partial charge in [0, 0.05) is 0 Å². The van der Waals surface area contributed by atoms with E-state index in [0.29, 0.717) is 0 Å². The van der Waals surface area contributed by atoms with Gasteiger partial charge in [-0.25, -0.2) is 0 Å². The number of aryl methyl sites for hydroxylation is 1. The van der Waals surface area contributed by atoms with Gasteiger partial charge in [0.1, 0.15) is 0 Å². The molecule has 0 amide bonds. The van der Waals surface area contributed by atoms with Crippen LogP contribution in [-0.2, 0) is 6.42 Å². The molecule has 150 valence electrons. The summed E-state index contributed by atoms with van der Waals surface area (Å²) in [6, 6.07) is 23.2. The Kier molecular flexibility index (Phi) is 6.49. The number of fused-ring (bicyclic) bond motifs is 1. The molecule has 3 aromatic carbocycles. The molecule has 0 aromatic heterocycles. The van der Waals surface area contributed by atoms with E-state index in [2.05, 4.69) is 80.2 Å². The number of benzene rings is 3. The van der Waals surface area contributed by atoms with Crippen molar-refractivity contribution in [3.63, 3.8) is 0 Å². The summed E-state index contributed by atoms with van der Waals surface area (Å²) in [7, 11) is 0. The van der Waals surface area contributed by atoms with Gasteiger partial charge < -0.3 is 0 Å². The third-order valence-electron chi connectivity index (χ3n) is 6.78. The van der Waals surface area contributed by atoms with Crippen molar-refractivity contribution in [1.29, 1.82) is 0 Å². The first-order valence-electron chi connectivity index (χ1n) is 11.5. The highest BCUT2D eigenvalue weighted by atomic mass is 14.3. The first-order valence-corrected chi connectivity index (χ1v) is 11.5. The van der Waals surface area contributed by atoms with E-state index in [-0.39, 0.29) is 0 Å². The molecule has 1 aliphatic rings. The predicted octanol–water partition coefficient (Wildman–Crippen LogP) is 8.70. The summed E-state index contributed by atoms with van der Waals surface area (Å²) in [5.74, 6) is 1.66. The van der Waals surface area contributed by atoms with Gasteiger partial charge in [-0.3, -0.25) is 0 Å². The van der Waals surface area contributed by atoms with Crippen molar-refractivity contribution in [2.75, 3.05) is 0 Å². The zero-order valence-corrected chi connectivity index (χ0v) is 17.9. The Morgan fingerprint density at radius 1 is 0.828 bits per heavy atom. The lowest BCUT2D eigenvalue weighted by Gasteiger charge is -2.28. The second kappa shape index (κ2) is 9.44. The van der Waals surface area contributed by atoms with Crippen LogP contribution in [0.15, 0.2) is 73.3 Å². The number of allylic oxidation sites excluding steroid dienone is 1. The van der Waals surface area contributed by atoms with Gasteiger partial charge in [-0.1, -0.05) is 74.0 Å². The average Bonchev–Trinajstić information content (AvgIpc) is 2.78. The first-order chi connectivity index (χ1) is 14.3. The van der Waals surface area contributed by atoms with Gasteiger partial charge in [-0.05, 0) is 95.9 Å². The van der Waals surface area contributed by atoms with E-state index in [1.807, 2.05) is 0 Å². The number of rotatable bonds is 7. The van der Waals surface area contributed by atoms with Crippen molar-refractivity contribution in [2.24, 2.45) is 5.92 Å². The molecule has 0 atom stereocenters. The minimum absolute atomic E-state index is 0.748. The van der Waals surface area contributed by atoms with Crippen molar-refractivity contribution in [3.05, 3.63) is 84.4 Å². The molecule has 1 aliphatic carbocycles. The van der Waals surface area contributed by atoms with Gasteiger partial charge in [-0.15, -0.1) is 6.58 Å². The molecule has 29 heavy (non-hydrogen) atoms. The average molecular weight is 383 g/mol. The van der Waals surface area contributed by atoms with Gasteiger partial charge in [0.05, 0.1) is 0 Å². The largest absolute Gasteiger partial charge is 0.103 e. The lowest BCUT2D eigenvalue weighted by atomic mass is 9.77. The van der Waals surface area contributed by atoms with Crippen LogP contribution in [0, 0.1) is 5.92 Å². The lowest BCUT2D eigenvalue weighted by Crippen LogP contribution is -2.13. The maximum atomic E-state index is 3.87. The molecule has 0 heterocycles. The maximum Gasteiger partial charge on any atom is -0.0162 e. The summed E-state index contributed by atoms with van der Waals surface area (Å²) in [4.78, 5) is 0. The molecule has 0 bridgehead atoms. The summed E-state index contributed by atoms with van der Waals surface area (Å²) in [5.41, 5.74) is 5.62. The highest BCUT2D eigenvalue weighted by molar-refractivity contribution is 5.87. The Hall–Kier alpha value is -2.34. The van der Waals surface area contributed by atoms with E-state index in [4.69, 9.17) is 0 Å². The highest BCUT2D eigenvalue weighted by Gasteiger charge is 2.21. The number of hydrogen-bond donors (Lipinski definition) is 0. The van der Waals surface area contributed by atoms with Crippen molar-refractivity contribution < 1.29 is 0 Å². The molecule has 0 N–H and O–H groups in total. The monoisotopic (exact) mass is 382 g/mol. The van der Waals surface area contributed by atoms with E-state index in [1.165, 1.54) is 78.0 Å². The third-order valence-corrected chi connectivity index (χ3v) is 6.78. The summed E-state index contributed by atoms with van der Waals surface area (Å²) in [5, 5.41) is 2.69. The van der Waals surface area contributed by atoms with Gasteiger partial charge in [0.2, 0.25) is 0 Å². The maximum absolute atomic E-state index is 3.87. The van der Waals surface area contributed by atoms with E-state index in [1.54, 1.807) is 0 Å². The van der Waals surface area contributed by atoms with E-state index in [9.17, 15) is 0 Å². The van der Waals surface area contributed by atoms with Gasteiger partial charge >= 0.3 is 0 Å². The molecule has 4 rings (SSSR count). The van der Waals surface area contributed by atoms with Crippen LogP contribution in [0.4, 0.5) is 0 Å². The van der Waals surface area contributed by atoms with Crippen molar-refractivity contribution in [1.82, 2.24) is 0 Å². The summed E-state index contributed by atoms with van der Waals surface area (Å²) in [6.45, 7) is 6.11. The standard InChI is InChI=1S/C29H34/c1-3-5-7-22-8-11-24(12-9-22)25-14-16-26(17-15-25)28-19-18-27-20-23(6-4-2)10-13-29(27)21-28/h3,10,13-22,24H,1,4-9,11-12H2,2H3. The van der Waals surface area contributed by atoms with Crippen molar-refractivity contribution in [3.8, 4) is 11.1 Å². The van der Waals surface area contributed by atoms with Crippen LogP contribution >= 0.6 is 0 Å². The molecule has 0 unspecified atom stereocenters. The Labute approximate surface area is 176 Å². The Morgan fingerprint density at radius 3 is 2.24 bits per heavy atom. The molecule has 0 spiro atoms. The molecule has 0 heteroatoms. The number of hydrogen-bond acceptors (Lipinski definition) is 0. The molecule has 1 fully saturated rings. The zero-order chi connectivity index (χ0) is 20.1. The van der Waals surface area contributed by atoms with Crippen LogP contribution in [0.2, 0.25) is 0 Å². The Bertz CT molecular complexity index is 939. The minimum atomic E-state index is 0.748. The Morgan fingerprint density at radius 2 is 1.52 bits per heavy atom. The van der Waals surface area contributed by atoms with E-state index < -0.39 is 0 Å².